The van der Waals surface area contributed by atoms with Crippen molar-refractivity contribution in [1.29, 1.82) is 0 Å². The van der Waals surface area contributed by atoms with E-state index in [2.05, 4.69) is 27.4 Å². The van der Waals surface area contributed by atoms with E-state index < -0.39 is 0 Å². The maximum Gasteiger partial charge on any atom is 0.251 e. The number of nitrogens with zero attached hydrogens (tertiary/aromatic N) is 3. The summed E-state index contributed by atoms with van der Waals surface area (Å²) in [6.45, 7) is 8.59. The van der Waals surface area contributed by atoms with Crippen LogP contribution < -0.4 is 10.6 Å². The van der Waals surface area contributed by atoms with Gasteiger partial charge in [0.15, 0.2) is 11.0 Å². The van der Waals surface area contributed by atoms with Crippen LogP contribution in [0.4, 0.5) is 0 Å². The van der Waals surface area contributed by atoms with E-state index in [0.29, 0.717) is 29.6 Å². The lowest BCUT2D eigenvalue weighted by molar-refractivity contribution is -0.118. The molecule has 8 heteroatoms. The SMILES string of the molecule is C=CCn1c(SCC(=O)NCc2ccccc2)nnc1[C@@H](C)NC(=O)c1ccc(C)cc1. The topological polar surface area (TPSA) is 88.9 Å². The number of carbonyl (C=O) groups is 2. The molecule has 1 heterocycles. The molecule has 0 fully saturated rings. The summed E-state index contributed by atoms with van der Waals surface area (Å²) in [5.74, 6) is 0.554. The van der Waals surface area contributed by atoms with E-state index >= 15 is 0 Å². The maximum absolute atomic E-state index is 12.6. The Morgan fingerprint density at radius 1 is 1.12 bits per heavy atom. The van der Waals surface area contributed by atoms with Gasteiger partial charge in [0, 0.05) is 18.7 Å². The van der Waals surface area contributed by atoms with Gasteiger partial charge in [-0.25, -0.2) is 0 Å². The monoisotopic (exact) mass is 449 g/mol. The Balaban J connectivity index is 1.61. The summed E-state index contributed by atoms with van der Waals surface area (Å²) in [6, 6.07) is 16.8. The number of rotatable bonds is 10. The summed E-state index contributed by atoms with van der Waals surface area (Å²) in [6.07, 6.45) is 1.74. The second-order valence-corrected chi connectivity index (χ2v) is 8.29. The van der Waals surface area contributed by atoms with Crippen LogP contribution in [0.2, 0.25) is 0 Å². The second kappa shape index (κ2) is 11.3. The number of aromatic nitrogens is 3. The molecule has 3 aromatic rings. The Kier molecular flexibility index (Phi) is 8.21. The highest BCUT2D eigenvalue weighted by Crippen LogP contribution is 2.21. The minimum absolute atomic E-state index is 0.0886. The van der Waals surface area contributed by atoms with Crippen LogP contribution in [0.3, 0.4) is 0 Å². The summed E-state index contributed by atoms with van der Waals surface area (Å²) in [5, 5.41) is 15.0. The quantitative estimate of drug-likeness (QED) is 0.364. The first-order valence-electron chi connectivity index (χ1n) is 10.3. The fourth-order valence-electron chi connectivity index (χ4n) is 3.05. The van der Waals surface area contributed by atoms with E-state index in [4.69, 9.17) is 0 Å². The third-order valence-electron chi connectivity index (χ3n) is 4.77. The molecule has 7 nitrogen and oxygen atoms in total. The summed E-state index contributed by atoms with van der Waals surface area (Å²) in [7, 11) is 0. The highest BCUT2D eigenvalue weighted by atomic mass is 32.2. The lowest BCUT2D eigenvalue weighted by atomic mass is 10.1. The minimum atomic E-state index is -0.363. The lowest BCUT2D eigenvalue weighted by Gasteiger charge is -2.15. The van der Waals surface area contributed by atoms with E-state index in [1.165, 1.54) is 11.8 Å². The standard InChI is InChI=1S/C24H27N5O2S/c1-4-14-29-22(18(3)26-23(31)20-12-10-17(2)11-13-20)27-28-24(29)32-16-21(30)25-15-19-8-6-5-7-9-19/h4-13,18H,1,14-16H2,2-3H3,(H,25,30)(H,26,31)/t18-/m1/s1. The largest absolute Gasteiger partial charge is 0.351 e. The fourth-order valence-corrected chi connectivity index (χ4v) is 3.84. The van der Waals surface area contributed by atoms with Crippen LogP contribution >= 0.6 is 11.8 Å². The smallest absolute Gasteiger partial charge is 0.251 e. The number of amides is 2. The lowest BCUT2D eigenvalue weighted by Crippen LogP contribution is -2.29. The molecule has 1 aromatic heterocycles. The van der Waals surface area contributed by atoms with Crippen molar-refractivity contribution in [3.05, 3.63) is 89.8 Å². The van der Waals surface area contributed by atoms with Gasteiger partial charge >= 0.3 is 0 Å². The summed E-state index contributed by atoms with van der Waals surface area (Å²) >= 11 is 1.30. The van der Waals surface area contributed by atoms with E-state index in [1.54, 1.807) is 18.2 Å². The minimum Gasteiger partial charge on any atom is -0.351 e. The number of benzene rings is 2. The molecule has 2 amide bonds. The first-order chi connectivity index (χ1) is 15.5. The molecule has 0 bridgehead atoms. The van der Waals surface area contributed by atoms with Gasteiger partial charge in [-0.05, 0) is 31.5 Å². The van der Waals surface area contributed by atoms with Crippen LogP contribution in [-0.4, -0.2) is 32.3 Å². The molecule has 0 aliphatic carbocycles. The molecule has 0 saturated carbocycles. The van der Waals surface area contributed by atoms with Gasteiger partial charge in [0.05, 0.1) is 11.8 Å². The number of carbonyl (C=O) groups excluding carboxylic acids is 2. The van der Waals surface area contributed by atoms with Crippen LogP contribution in [0.25, 0.3) is 0 Å². The predicted molar refractivity (Wildman–Crippen MR) is 126 cm³/mol. The van der Waals surface area contributed by atoms with Gasteiger partial charge in [-0.1, -0.05) is 65.9 Å². The molecule has 2 aromatic carbocycles. The molecular formula is C24H27N5O2S. The maximum atomic E-state index is 12.6. The number of aryl methyl sites for hydroxylation is 1. The molecule has 0 aliphatic heterocycles. The molecule has 166 valence electrons. The summed E-state index contributed by atoms with van der Waals surface area (Å²) < 4.78 is 1.86. The van der Waals surface area contributed by atoms with Crippen molar-refractivity contribution in [3.8, 4) is 0 Å². The first kappa shape index (κ1) is 23.3. The van der Waals surface area contributed by atoms with Crippen LogP contribution in [0, 0.1) is 6.92 Å². The predicted octanol–water partition coefficient (Wildman–Crippen LogP) is 3.67. The number of allylic oxidation sites excluding steroid dienone is 1. The van der Waals surface area contributed by atoms with Crippen molar-refractivity contribution in [2.24, 2.45) is 0 Å². The molecule has 0 aliphatic rings. The van der Waals surface area contributed by atoms with Crippen molar-refractivity contribution in [3.63, 3.8) is 0 Å². The second-order valence-electron chi connectivity index (χ2n) is 7.35. The van der Waals surface area contributed by atoms with Crippen molar-refractivity contribution < 1.29 is 9.59 Å². The Labute approximate surface area is 192 Å². The zero-order valence-corrected chi connectivity index (χ0v) is 19.1. The first-order valence-corrected chi connectivity index (χ1v) is 11.3. The fraction of sp³-hybridized carbons (Fsp3) is 0.250. The molecule has 0 unspecified atom stereocenters. The van der Waals surface area contributed by atoms with Gasteiger partial charge in [0.25, 0.3) is 5.91 Å². The molecular weight excluding hydrogens is 422 g/mol. The van der Waals surface area contributed by atoms with Crippen LogP contribution in [0.15, 0.2) is 72.4 Å². The third-order valence-corrected chi connectivity index (χ3v) is 5.74. The molecule has 3 rings (SSSR count). The molecule has 0 radical (unpaired) electrons. The Bertz CT molecular complexity index is 1060. The van der Waals surface area contributed by atoms with E-state index in [0.717, 1.165) is 11.1 Å². The van der Waals surface area contributed by atoms with Gasteiger partial charge in [-0.3, -0.25) is 9.59 Å². The summed E-state index contributed by atoms with van der Waals surface area (Å²) in [4.78, 5) is 24.8. The third kappa shape index (κ3) is 6.31. The Morgan fingerprint density at radius 2 is 1.84 bits per heavy atom. The van der Waals surface area contributed by atoms with Crippen molar-refractivity contribution in [2.45, 2.75) is 38.1 Å². The van der Waals surface area contributed by atoms with Crippen LogP contribution in [0.1, 0.15) is 40.3 Å². The van der Waals surface area contributed by atoms with Gasteiger partial charge in [0.1, 0.15) is 0 Å². The van der Waals surface area contributed by atoms with Gasteiger partial charge in [-0.2, -0.15) is 0 Å². The van der Waals surface area contributed by atoms with Crippen LogP contribution in [0.5, 0.6) is 0 Å². The highest BCUT2D eigenvalue weighted by Gasteiger charge is 2.20. The average molecular weight is 450 g/mol. The van der Waals surface area contributed by atoms with Crippen LogP contribution in [-0.2, 0) is 17.9 Å². The molecule has 32 heavy (non-hydrogen) atoms. The molecule has 1 atom stereocenters. The Morgan fingerprint density at radius 3 is 2.53 bits per heavy atom. The molecule has 2 N–H and O–H groups in total. The zero-order chi connectivity index (χ0) is 22.9. The Hall–Kier alpha value is -3.39. The number of thioether (sulfide) groups is 1. The highest BCUT2D eigenvalue weighted by molar-refractivity contribution is 7.99. The van der Waals surface area contributed by atoms with E-state index in [-0.39, 0.29) is 23.6 Å². The van der Waals surface area contributed by atoms with Gasteiger partial charge < -0.3 is 15.2 Å². The van der Waals surface area contributed by atoms with Gasteiger partial charge in [0.2, 0.25) is 5.91 Å². The van der Waals surface area contributed by atoms with Crippen molar-refractivity contribution in [1.82, 2.24) is 25.4 Å². The van der Waals surface area contributed by atoms with Gasteiger partial charge in [-0.15, -0.1) is 16.8 Å². The van der Waals surface area contributed by atoms with E-state index in [1.807, 2.05) is 60.9 Å². The molecule has 0 saturated heterocycles. The number of hydrogen-bond acceptors (Lipinski definition) is 5. The summed E-state index contributed by atoms with van der Waals surface area (Å²) in [5.41, 5.74) is 2.72. The van der Waals surface area contributed by atoms with Crippen molar-refractivity contribution in [2.75, 3.05) is 5.75 Å². The zero-order valence-electron chi connectivity index (χ0n) is 18.2. The molecule has 0 spiro atoms. The number of hydrogen-bond donors (Lipinski definition) is 2. The van der Waals surface area contributed by atoms with E-state index in [9.17, 15) is 9.59 Å². The average Bonchev–Trinajstić information content (AvgIpc) is 3.20. The normalized spacial score (nSPS) is 11.6. The van der Waals surface area contributed by atoms with Crippen molar-refractivity contribution >= 4 is 23.6 Å². The number of nitrogens with one attached hydrogen (secondary N) is 2.